The van der Waals surface area contributed by atoms with Gasteiger partial charge in [-0.15, -0.1) is 0 Å². The number of fused-ring (bicyclic) bond motifs is 1. The Morgan fingerprint density at radius 3 is 3.08 bits per heavy atom. The molecule has 0 aromatic heterocycles. The lowest BCUT2D eigenvalue weighted by molar-refractivity contribution is 0.585. The first-order valence-corrected chi connectivity index (χ1v) is 4.74. The molecule has 0 saturated carbocycles. The molecule has 2 rings (SSSR count). The Bertz CT molecular complexity index is 460. The van der Waals surface area contributed by atoms with Gasteiger partial charge in [-0.05, 0) is 28.1 Å². The molecule has 0 bridgehead atoms. The van der Waals surface area contributed by atoms with Gasteiger partial charge >= 0.3 is 0 Å². The summed E-state index contributed by atoms with van der Waals surface area (Å²) in [5.74, 6) is -0.327. The Morgan fingerprint density at radius 2 is 2.31 bits per heavy atom. The molecule has 0 amide bonds. The summed E-state index contributed by atoms with van der Waals surface area (Å²) >= 11 is 8.77. The van der Waals surface area contributed by atoms with Crippen molar-refractivity contribution in [1.29, 1.82) is 0 Å². The molecule has 0 spiro atoms. The fourth-order valence-electron chi connectivity index (χ4n) is 1.14. The van der Waals surface area contributed by atoms with Crippen LogP contribution in [0, 0.1) is 5.82 Å². The van der Waals surface area contributed by atoms with E-state index in [1.165, 1.54) is 10.6 Å². The van der Waals surface area contributed by atoms with E-state index >= 15 is 0 Å². The zero-order valence-corrected chi connectivity index (χ0v) is 8.81. The van der Waals surface area contributed by atoms with Crippen LogP contribution in [0.25, 0.3) is 6.20 Å². The molecule has 13 heavy (non-hydrogen) atoms. The summed E-state index contributed by atoms with van der Waals surface area (Å²) in [5, 5.41) is 1.06. The molecule has 5 heteroatoms. The van der Waals surface area contributed by atoms with Crippen LogP contribution in [0.4, 0.5) is 4.39 Å². The zero-order valence-electron chi connectivity index (χ0n) is 6.47. The molecule has 0 radical (unpaired) electrons. The minimum atomic E-state index is -0.327. The lowest BCUT2D eigenvalue weighted by Gasteiger charge is -2.11. The van der Waals surface area contributed by atoms with Gasteiger partial charge in [-0.3, -0.25) is 9.41 Å². The van der Waals surface area contributed by atoms with E-state index in [0.29, 0.717) is 21.7 Å². The average molecular weight is 263 g/mol. The third-order valence-corrected chi connectivity index (χ3v) is 2.57. The van der Waals surface area contributed by atoms with E-state index < -0.39 is 0 Å². The van der Waals surface area contributed by atoms with Gasteiger partial charge in [0.1, 0.15) is 12.5 Å². The topological polar surface area (TPSA) is 15.6 Å². The summed E-state index contributed by atoms with van der Waals surface area (Å²) in [6.45, 7) is 0.357. The number of hydrogen-bond acceptors (Lipinski definition) is 2. The van der Waals surface area contributed by atoms with E-state index in [1.807, 2.05) is 0 Å². The lowest BCUT2D eigenvalue weighted by Crippen LogP contribution is -2.35. The van der Waals surface area contributed by atoms with E-state index in [9.17, 15) is 4.39 Å². The maximum Gasteiger partial charge on any atom is 0.148 e. The molecule has 0 fully saturated rings. The summed E-state index contributed by atoms with van der Waals surface area (Å²) in [5.41, 5.74) is 0. The Balaban J connectivity index is 2.82. The van der Waals surface area contributed by atoms with Crippen molar-refractivity contribution in [3.63, 3.8) is 0 Å². The van der Waals surface area contributed by atoms with Crippen molar-refractivity contribution in [2.75, 3.05) is 6.67 Å². The van der Waals surface area contributed by atoms with Crippen LogP contribution in [0.3, 0.4) is 0 Å². The van der Waals surface area contributed by atoms with E-state index in [0.717, 1.165) is 0 Å². The van der Waals surface area contributed by atoms with Gasteiger partial charge in [0.05, 0.1) is 15.0 Å². The molecule has 1 aromatic carbocycles. The van der Waals surface area contributed by atoms with Gasteiger partial charge in [-0.25, -0.2) is 4.39 Å². The van der Waals surface area contributed by atoms with E-state index in [4.69, 9.17) is 11.8 Å². The number of nitrogens with zero attached hydrogens (tertiary/aromatic N) is 2. The molecule has 1 aliphatic rings. The van der Waals surface area contributed by atoms with Crippen LogP contribution >= 0.6 is 27.7 Å². The first-order valence-electron chi connectivity index (χ1n) is 3.61. The molecule has 1 aromatic rings. The second kappa shape index (κ2) is 3.27. The Hall–Kier alpha value is -0.610. The van der Waals surface area contributed by atoms with Crippen molar-refractivity contribution in [1.82, 2.24) is 4.42 Å². The molecular formula is C8H5BrClFN2. The SMILES string of the molecule is Fc1c(Br)ccc2c1=CN(Cl)CN=2. The smallest absolute Gasteiger partial charge is 0.148 e. The van der Waals surface area contributed by atoms with Crippen molar-refractivity contribution in [3.8, 4) is 0 Å². The van der Waals surface area contributed by atoms with Crippen LogP contribution in [0.5, 0.6) is 0 Å². The highest BCUT2D eigenvalue weighted by Crippen LogP contribution is 2.09. The van der Waals surface area contributed by atoms with Gasteiger partial charge in [-0.1, -0.05) is 0 Å². The van der Waals surface area contributed by atoms with Crippen molar-refractivity contribution in [2.24, 2.45) is 4.99 Å². The van der Waals surface area contributed by atoms with Crippen molar-refractivity contribution in [3.05, 3.63) is 33.0 Å². The van der Waals surface area contributed by atoms with Crippen molar-refractivity contribution >= 4 is 33.9 Å². The van der Waals surface area contributed by atoms with E-state index in [-0.39, 0.29) is 5.82 Å². The van der Waals surface area contributed by atoms with Gasteiger partial charge in [-0.2, -0.15) is 0 Å². The summed E-state index contributed by atoms with van der Waals surface area (Å²) < 4.78 is 15.2. The normalized spacial score (nSPS) is 14.5. The highest BCUT2D eigenvalue weighted by Gasteiger charge is 2.07. The first kappa shape index (κ1) is 8.97. The number of hydrogen-bond donors (Lipinski definition) is 0. The molecule has 0 atom stereocenters. The van der Waals surface area contributed by atoms with Gasteiger partial charge in [0.2, 0.25) is 0 Å². The minimum absolute atomic E-state index is 0.327. The van der Waals surface area contributed by atoms with Gasteiger partial charge in [0.25, 0.3) is 0 Å². The molecule has 0 N–H and O–H groups in total. The highest BCUT2D eigenvalue weighted by molar-refractivity contribution is 9.10. The largest absolute Gasteiger partial charge is 0.271 e. The second-order valence-electron chi connectivity index (χ2n) is 2.62. The summed E-state index contributed by atoms with van der Waals surface area (Å²) in [4.78, 5) is 4.08. The third kappa shape index (κ3) is 1.56. The molecule has 0 saturated heterocycles. The first-order chi connectivity index (χ1) is 6.18. The maximum absolute atomic E-state index is 13.4. The fourth-order valence-corrected chi connectivity index (χ4v) is 1.64. The quantitative estimate of drug-likeness (QED) is 0.646. The number of benzene rings is 1. The Labute approximate surface area is 87.6 Å². The maximum atomic E-state index is 13.4. The van der Waals surface area contributed by atoms with Gasteiger partial charge < -0.3 is 0 Å². The van der Waals surface area contributed by atoms with Gasteiger partial charge in [0, 0.05) is 18.0 Å². The van der Waals surface area contributed by atoms with Crippen molar-refractivity contribution < 1.29 is 4.39 Å². The lowest BCUT2D eigenvalue weighted by atomic mass is 10.2. The monoisotopic (exact) mass is 262 g/mol. The second-order valence-corrected chi connectivity index (χ2v) is 3.91. The molecule has 0 aliphatic carbocycles. The third-order valence-electron chi connectivity index (χ3n) is 1.75. The predicted octanol–water partition coefficient (Wildman–Crippen LogP) is 1.37. The highest BCUT2D eigenvalue weighted by atomic mass is 79.9. The summed E-state index contributed by atoms with van der Waals surface area (Å²) in [7, 11) is 0. The summed E-state index contributed by atoms with van der Waals surface area (Å²) in [6, 6.07) is 3.39. The molecule has 2 nitrogen and oxygen atoms in total. The Kier molecular flexibility index (Phi) is 2.26. The van der Waals surface area contributed by atoms with Crippen LogP contribution in [-0.2, 0) is 0 Å². The van der Waals surface area contributed by atoms with Crippen LogP contribution in [0.2, 0.25) is 0 Å². The van der Waals surface area contributed by atoms with Crippen LogP contribution < -0.4 is 10.6 Å². The molecule has 1 heterocycles. The predicted molar refractivity (Wildman–Crippen MR) is 51.9 cm³/mol. The zero-order chi connectivity index (χ0) is 9.42. The average Bonchev–Trinajstić information content (AvgIpc) is 2.12. The van der Waals surface area contributed by atoms with E-state index in [1.54, 1.807) is 12.1 Å². The Morgan fingerprint density at radius 1 is 1.54 bits per heavy atom. The minimum Gasteiger partial charge on any atom is -0.271 e. The molecular weight excluding hydrogens is 258 g/mol. The van der Waals surface area contributed by atoms with Crippen LogP contribution in [0.15, 0.2) is 21.6 Å². The summed E-state index contributed by atoms with van der Waals surface area (Å²) in [6.07, 6.45) is 1.53. The van der Waals surface area contributed by atoms with Crippen LogP contribution in [0.1, 0.15) is 0 Å². The fraction of sp³-hybridized carbons (Fsp3) is 0.125. The molecule has 1 aliphatic heterocycles. The number of rotatable bonds is 0. The number of halogens is 3. The van der Waals surface area contributed by atoms with E-state index in [2.05, 4.69) is 20.9 Å². The molecule has 0 unspecified atom stereocenters. The van der Waals surface area contributed by atoms with Crippen molar-refractivity contribution in [2.45, 2.75) is 0 Å². The van der Waals surface area contributed by atoms with Crippen LogP contribution in [-0.4, -0.2) is 11.1 Å². The molecule has 68 valence electrons. The van der Waals surface area contributed by atoms with Gasteiger partial charge in [0.15, 0.2) is 0 Å². The standard InChI is InChI=1S/C8H5BrClFN2/c9-6-1-2-7-5(8(6)11)3-13(10)4-12-7/h1-3H,4H2.